The van der Waals surface area contributed by atoms with Gasteiger partial charge in [-0.3, -0.25) is 0 Å². The number of ether oxygens (including phenoxy) is 1. The van der Waals surface area contributed by atoms with Crippen LogP contribution in [0.15, 0.2) is 30.3 Å². The van der Waals surface area contributed by atoms with Gasteiger partial charge in [0.15, 0.2) is 0 Å². The molecule has 23 heavy (non-hydrogen) atoms. The van der Waals surface area contributed by atoms with Gasteiger partial charge in [0.05, 0.1) is 11.4 Å². The van der Waals surface area contributed by atoms with Crippen LogP contribution < -0.4 is 21.9 Å². The Balaban J connectivity index is 0.00000112. The molecule has 0 heterocycles. The molecular formula is C19H31N3O. The molecule has 0 spiro atoms. The van der Waals surface area contributed by atoms with Crippen LogP contribution in [0.4, 0.5) is 17.1 Å². The number of hydrogen-bond donors (Lipinski definition) is 3. The minimum absolute atomic E-state index is 0.375. The first-order valence-corrected chi connectivity index (χ1v) is 8.12. The fraction of sp³-hybridized carbons (Fsp3) is 0.368. The second kappa shape index (κ2) is 10.4. The second-order valence-electron chi connectivity index (χ2n) is 4.63. The number of aryl methyl sites for hydroxylation is 1. The monoisotopic (exact) mass is 317 g/mol. The number of anilines is 3. The molecule has 4 nitrogen and oxygen atoms in total. The van der Waals surface area contributed by atoms with E-state index in [1.54, 1.807) is 6.07 Å². The molecule has 0 bridgehead atoms. The van der Waals surface area contributed by atoms with Crippen molar-refractivity contribution in [2.45, 2.75) is 48.1 Å². The van der Waals surface area contributed by atoms with E-state index in [1.807, 2.05) is 65.8 Å². The Morgan fingerprint density at radius 1 is 0.826 bits per heavy atom. The molecule has 4 heteroatoms. The topological polar surface area (TPSA) is 87.3 Å². The molecule has 0 aliphatic heterocycles. The Hall–Kier alpha value is -2.36. The van der Waals surface area contributed by atoms with E-state index in [4.69, 9.17) is 21.9 Å². The number of nitrogens with two attached hydrogens (primary N) is 3. The fourth-order valence-electron chi connectivity index (χ4n) is 1.91. The second-order valence-corrected chi connectivity index (χ2v) is 4.63. The van der Waals surface area contributed by atoms with Crippen molar-refractivity contribution in [1.82, 2.24) is 0 Å². The van der Waals surface area contributed by atoms with Crippen LogP contribution in [0.25, 0.3) is 0 Å². The summed E-state index contributed by atoms with van der Waals surface area (Å²) in [4.78, 5) is 0. The van der Waals surface area contributed by atoms with Crippen molar-refractivity contribution < 1.29 is 4.74 Å². The van der Waals surface area contributed by atoms with Crippen molar-refractivity contribution in [2.24, 2.45) is 0 Å². The van der Waals surface area contributed by atoms with Gasteiger partial charge in [-0.1, -0.05) is 45.9 Å². The lowest BCUT2D eigenvalue weighted by Gasteiger charge is -2.14. The van der Waals surface area contributed by atoms with Crippen LogP contribution in [-0.4, -0.2) is 0 Å². The molecule has 0 unspecified atom stereocenters. The first kappa shape index (κ1) is 20.6. The van der Waals surface area contributed by atoms with Gasteiger partial charge in [0, 0.05) is 16.8 Å². The predicted molar refractivity (Wildman–Crippen MR) is 103 cm³/mol. The van der Waals surface area contributed by atoms with Crippen molar-refractivity contribution in [2.75, 3.05) is 17.2 Å². The van der Waals surface area contributed by atoms with Crippen molar-refractivity contribution >= 4 is 17.1 Å². The lowest BCUT2D eigenvalue weighted by Crippen LogP contribution is -2.04. The molecule has 0 atom stereocenters. The third-order valence-electron chi connectivity index (χ3n) is 3.30. The largest absolute Gasteiger partial charge is 0.488 e. The lowest BCUT2D eigenvalue weighted by atomic mass is 10.1. The SMILES string of the molecule is CC.CC.Cc1ccc(OCc2cccc(N)c2N)c(C)c1N. The number of para-hydroxylation sites is 1. The molecule has 2 aromatic rings. The van der Waals surface area contributed by atoms with Gasteiger partial charge in [-0.2, -0.15) is 0 Å². The van der Waals surface area contributed by atoms with Crippen molar-refractivity contribution in [3.05, 3.63) is 47.0 Å². The Morgan fingerprint density at radius 3 is 2.04 bits per heavy atom. The van der Waals surface area contributed by atoms with Crippen LogP contribution in [0.3, 0.4) is 0 Å². The smallest absolute Gasteiger partial charge is 0.124 e. The summed E-state index contributed by atoms with van der Waals surface area (Å²) in [5, 5.41) is 0. The van der Waals surface area contributed by atoms with Crippen molar-refractivity contribution in [1.29, 1.82) is 0 Å². The quantitative estimate of drug-likeness (QED) is 0.717. The zero-order chi connectivity index (χ0) is 18.0. The van der Waals surface area contributed by atoms with E-state index in [1.165, 1.54) is 0 Å². The first-order valence-electron chi connectivity index (χ1n) is 8.12. The Labute approximate surface area is 140 Å². The highest BCUT2D eigenvalue weighted by Gasteiger charge is 2.07. The normalized spacial score (nSPS) is 9.13. The third-order valence-corrected chi connectivity index (χ3v) is 3.30. The summed E-state index contributed by atoms with van der Waals surface area (Å²) < 4.78 is 5.78. The summed E-state index contributed by atoms with van der Waals surface area (Å²) in [7, 11) is 0. The molecule has 2 rings (SSSR count). The molecule has 0 fully saturated rings. The molecule has 0 radical (unpaired) electrons. The summed E-state index contributed by atoms with van der Waals surface area (Å²) in [5.74, 6) is 0.768. The van der Waals surface area contributed by atoms with E-state index in [2.05, 4.69) is 0 Å². The molecule has 0 saturated heterocycles. The summed E-state index contributed by atoms with van der Waals surface area (Å²) >= 11 is 0. The van der Waals surface area contributed by atoms with Gasteiger partial charge in [0.2, 0.25) is 0 Å². The van der Waals surface area contributed by atoms with E-state index < -0.39 is 0 Å². The van der Waals surface area contributed by atoms with Crippen molar-refractivity contribution in [3.8, 4) is 5.75 Å². The summed E-state index contributed by atoms with van der Waals surface area (Å²) in [6.07, 6.45) is 0. The maximum absolute atomic E-state index is 5.98. The third kappa shape index (κ3) is 5.40. The summed E-state index contributed by atoms with van der Waals surface area (Å²) in [5.41, 5.74) is 22.4. The Kier molecular flexibility index (Phi) is 9.31. The molecule has 0 aliphatic rings. The van der Waals surface area contributed by atoms with Crippen LogP contribution in [-0.2, 0) is 6.61 Å². The highest BCUT2D eigenvalue weighted by molar-refractivity contribution is 5.67. The maximum atomic E-state index is 5.98. The molecule has 2 aromatic carbocycles. The molecular weight excluding hydrogens is 286 g/mol. The molecule has 128 valence electrons. The van der Waals surface area contributed by atoms with Crippen LogP contribution in [0, 0.1) is 13.8 Å². The minimum atomic E-state index is 0.375. The zero-order valence-corrected chi connectivity index (χ0v) is 15.2. The van der Waals surface area contributed by atoms with Crippen LogP contribution in [0.1, 0.15) is 44.4 Å². The van der Waals surface area contributed by atoms with E-state index in [0.717, 1.165) is 28.1 Å². The average Bonchev–Trinajstić information content (AvgIpc) is 2.59. The summed E-state index contributed by atoms with van der Waals surface area (Å²) in [6.45, 7) is 12.3. The summed E-state index contributed by atoms with van der Waals surface area (Å²) in [6, 6.07) is 9.40. The van der Waals surface area contributed by atoms with Crippen LogP contribution in [0.5, 0.6) is 5.75 Å². The van der Waals surface area contributed by atoms with E-state index in [9.17, 15) is 0 Å². The van der Waals surface area contributed by atoms with Gasteiger partial charge in [0.25, 0.3) is 0 Å². The Morgan fingerprint density at radius 2 is 1.43 bits per heavy atom. The number of rotatable bonds is 3. The van der Waals surface area contributed by atoms with Gasteiger partial charge in [-0.05, 0) is 31.5 Å². The molecule has 0 amide bonds. The van der Waals surface area contributed by atoms with E-state index in [-0.39, 0.29) is 0 Å². The fourth-order valence-corrected chi connectivity index (χ4v) is 1.91. The van der Waals surface area contributed by atoms with Gasteiger partial charge < -0.3 is 21.9 Å². The predicted octanol–water partition coefficient (Wildman–Crippen LogP) is 4.68. The molecule has 0 aliphatic carbocycles. The maximum Gasteiger partial charge on any atom is 0.124 e. The lowest BCUT2D eigenvalue weighted by molar-refractivity contribution is 0.305. The average molecular weight is 317 g/mol. The highest BCUT2D eigenvalue weighted by atomic mass is 16.5. The van der Waals surface area contributed by atoms with Gasteiger partial charge in [-0.15, -0.1) is 0 Å². The number of nitrogen functional groups attached to an aromatic ring is 3. The van der Waals surface area contributed by atoms with Crippen molar-refractivity contribution in [3.63, 3.8) is 0 Å². The zero-order valence-electron chi connectivity index (χ0n) is 15.2. The first-order chi connectivity index (χ1) is 11.0. The number of benzene rings is 2. The van der Waals surface area contributed by atoms with Gasteiger partial charge in [-0.25, -0.2) is 0 Å². The van der Waals surface area contributed by atoms with Crippen LogP contribution in [0.2, 0.25) is 0 Å². The molecule has 0 saturated carbocycles. The van der Waals surface area contributed by atoms with E-state index >= 15 is 0 Å². The van der Waals surface area contributed by atoms with Crippen LogP contribution >= 0.6 is 0 Å². The van der Waals surface area contributed by atoms with Gasteiger partial charge in [0.1, 0.15) is 12.4 Å². The highest BCUT2D eigenvalue weighted by Crippen LogP contribution is 2.28. The minimum Gasteiger partial charge on any atom is -0.488 e. The molecule has 0 aromatic heterocycles. The Bertz CT molecular complexity index is 610. The standard InChI is InChI=1S/C15H19N3O.2C2H6/c1-9-6-7-13(10(2)14(9)17)19-8-11-4-3-5-12(16)15(11)18;2*1-2/h3-7H,8,16-18H2,1-2H3;2*1-2H3. The molecule has 6 N–H and O–H groups in total. The number of hydrogen-bond acceptors (Lipinski definition) is 4. The van der Waals surface area contributed by atoms with E-state index in [0.29, 0.717) is 18.0 Å². The van der Waals surface area contributed by atoms with Gasteiger partial charge >= 0.3 is 0 Å².